The fourth-order valence-corrected chi connectivity index (χ4v) is 2.65. The lowest BCUT2D eigenvalue weighted by Gasteiger charge is -2.08. The second-order valence-electron chi connectivity index (χ2n) is 5.71. The third-order valence-electron chi connectivity index (χ3n) is 3.89. The molecule has 0 aliphatic rings. The van der Waals surface area contributed by atoms with Gasteiger partial charge in [0.1, 0.15) is 0 Å². The average Bonchev–Trinajstić information content (AvgIpc) is 3.30. The number of hydrogen-bond acceptors (Lipinski definition) is 5. The van der Waals surface area contributed by atoms with E-state index in [4.69, 9.17) is 0 Å². The van der Waals surface area contributed by atoms with Crippen molar-refractivity contribution in [2.24, 2.45) is 7.05 Å². The number of anilines is 1. The molecule has 4 rings (SSSR count). The Morgan fingerprint density at radius 2 is 1.88 bits per heavy atom. The molecule has 0 radical (unpaired) electrons. The summed E-state index contributed by atoms with van der Waals surface area (Å²) in [6, 6.07) is 18.1. The van der Waals surface area contributed by atoms with Crippen LogP contribution in [-0.4, -0.2) is 30.0 Å². The highest BCUT2D eigenvalue weighted by atomic mass is 15.6. The number of aromatic nitrogens is 6. The van der Waals surface area contributed by atoms with Gasteiger partial charge in [-0.05, 0) is 39.8 Å². The summed E-state index contributed by atoms with van der Waals surface area (Å²) in [5.74, 6) is 0.609. The van der Waals surface area contributed by atoms with Crippen molar-refractivity contribution in [2.75, 3.05) is 5.32 Å². The molecule has 2 aromatic carbocycles. The van der Waals surface area contributed by atoms with Crippen molar-refractivity contribution < 1.29 is 0 Å². The lowest BCUT2D eigenvalue weighted by Crippen LogP contribution is -2.07. The molecule has 2 aromatic heterocycles. The summed E-state index contributed by atoms with van der Waals surface area (Å²) in [4.78, 5) is 0. The van der Waals surface area contributed by atoms with E-state index in [9.17, 15) is 0 Å². The Hall–Kier alpha value is -3.48. The Bertz CT molecular complexity index is 972. The van der Waals surface area contributed by atoms with Crippen LogP contribution in [0.2, 0.25) is 0 Å². The van der Waals surface area contributed by atoms with Crippen molar-refractivity contribution >= 4 is 5.95 Å². The number of nitrogens with one attached hydrogen (secondary N) is 1. The van der Waals surface area contributed by atoms with Crippen molar-refractivity contribution in [3.05, 3.63) is 72.6 Å². The van der Waals surface area contributed by atoms with Gasteiger partial charge in [0.15, 0.2) is 0 Å². The summed E-state index contributed by atoms with van der Waals surface area (Å²) in [6.07, 6.45) is 3.87. The lowest BCUT2D eigenvalue weighted by atomic mass is 10.1. The zero-order chi connectivity index (χ0) is 17.1. The third kappa shape index (κ3) is 3.25. The van der Waals surface area contributed by atoms with E-state index in [-0.39, 0.29) is 0 Å². The van der Waals surface area contributed by atoms with E-state index in [0.29, 0.717) is 12.5 Å². The van der Waals surface area contributed by atoms with Crippen LogP contribution in [0, 0.1) is 0 Å². The molecule has 25 heavy (non-hydrogen) atoms. The van der Waals surface area contributed by atoms with Gasteiger partial charge in [-0.25, -0.2) is 0 Å². The maximum atomic E-state index is 4.23. The van der Waals surface area contributed by atoms with E-state index in [1.54, 1.807) is 9.36 Å². The van der Waals surface area contributed by atoms with Crippen LogP contribution in [0.5, 0.6) is 0 Å². The van der Waals surface area contributed by atoms with Gasteiger partial charge in [-0.1, -0.05) is 41.5 Å². The number of para-hydroxylation sites is 1. The quantitative estimate of drug-likeness (QED) is 0.609. The molecule has 0 unspecified atom stereocenters. The Morgan fingerprint density at radius 1 is 1.00 bits per heavy atom. The van der Waals surface area contributed by atoms with E-state index in [2.05, 4.69) is 44.1 Å². The van der Waals surface area contributed by atoms with Crippen molar-refractivity contribution in [3.8, 4) is 16.8 Å². The summed E-state index contributed by atoms with van der Waals surface area (Å²) in [6.45, 7) is 0.626. The largest absolute Gasteiger partial charge is 0.349 e. The average molecular weight is 331 g/mol. The zero-order valence-electron chi connectivity index (χ0n) is 13.7. The molecule has 7 heteroatoms. The van der Waals surface area contributed by atoms with E-state index >= 15 is 0 Å². The normalized spacial score (nSPS) is 10.8. The van der Waals surface area contributed by atoms with E-state index in [1.807, 2.05) is 55.8 Å². The molecule has 0 aliphatic carbocycles. The zero-order valence-corrected chi connectivity index (χ0v) is 13.7. The highest BCUT2D eigenvalue weighted by Gasteiger charge is 2.08. The number of tetrazole rings is 1. The monoisotopic (exact) mass is 331 g/mol. The summed E-state index contributed by atoms with van der Waals surface area (Å²) in [5, 5.41) is 19.4. The molecular formula is C18H17N7. The summed E-state index contributed by atoms with van der Waals surface area (Å²) in [5.41, 5.74) is 4.29. The number of aryl methyl sites for hydroxylation is 1. The van der Waals surface area contributed by atoms with Gasteiger partial charge in [-0.3, -0.25) is 4.68 Å². The molecule has 0 spiro atoms. The van der Waals surface area contributed by atoms with Gasteiger partial charge in [-0.15, -0.1) is 0 Å². The predicted octanol–water partition coefficient (Wildman–Crippen LogP) is 2.67. The summed E-state index contributed by atoms with van der Waals surface area (Å²) in [7, 11) is 1.91. The van der Waals surface area contributed by atoms with Crippen LogP contribution in [0.4, 0.5) is 5.95 Å². The standard InChI is InChI=1S/C18H17N7/c1-24-13-16(12-20-24)15-7-5-6-14(10-15)11-19-18-21-22-23-25(18)17-8-3-2-4-9-17/h2-10,12-13H,11H2,1H3,(H,19,21,23). The van der Waals surface area contributed by atoms with Crippen LogP contribution in [0.1, 0.15) is 5.56 Å². The smallest absolute Gasteiger partial charge is 0.248 e. The molecular weight excluding hydrogens is 314 g/mol. The van der Waals surface area contributed by atoms with Crippen molar-refractivity contribution in [2.45, 2.75) is 6.54 Å². The fourth-order valence-electron chi connectivity index (χ4n) is 2.65. The van der Waals surface area contributed by atoms with Crippen molar-refractivity contribution in [3.63, 3.8) is 0 Å². The first-order chi connectivity index (χ1) is 12.3. The van der Waals surface area contributed by atoms with Crippen LogP contribution in [0.25, 0.3) is 16.8 Å². The molecule has 2 heterocycles. The number of nitrogens with zero attached hydrogens (tertiary/aromatic N) is 6. The second-order valence-corrected chi connectivity index (χ2v) is 5.71. The molecule has 4 aromatic rings. The molecule has 124 valence electrons. The molecule has 0 fully saturated rings. The number of rotatable bonds is 5. The van der Waals surface area contributed by atoms with Crippen LogP contribution in [-0.2, 0) is 13.6 Å². The van der Waals surface area contributed by atoms with Gasteiger partial charge in [0.05, 0.1) is 11.9 Å². The topological polar surface area (TPSA) is 73.5 Å². The number of hydrogen-bond donors (Lipinski definition) is 1. The molecule has 0 saturated carbocycles. The molecule has 0 atom stereocenters. The first-order valence-corrected chi connectivity index (χ1v) is 7.95. The third-order valence-corrected chi connectivity index (χ3v) is 3.89. The Kier molecular flexibility index (Phi) is 3.96. The molecule has 1 N–H and O–H groups in total. The van der Waals surface area contributed by atoms with Gasteiger partial charge in [0, 0.05) is 25.4 Å². The maximum Gasteiger partial charge on any atom is 0.248 e. The van der Waals surface area contributed by atoms with E-state index in [1.165, 1.54) is 0 Å². The highest BCUT2D eigenvalue weighted by Crippen LogP contribution is 2.20. The van der Waals surface area contributed by atoms with Crippen molar-refractivity contribution in [1.82, 2.24) is 30.0 Å². The Labute approximate surface area is 144 Å². The first-order valence-electron chi connectivity index (χ1n) is 7.95. The fraction of sp³-hybridized carbons (Fsp3) is 0.111. The Morgan fingerprint density at radius 3 is 2.68 bits per heavy atom. The molecule has 0 bridgehead atoms. The van der Waals surface area contributed by atoms with Crippen LogP contribution in [0.15, 0.2) is 67.0 Å². The van der Waals surface area contributed by atoms with Gasteiger partial charge in [0.25, 0.3) is 0 Å². The van der Waals surface area contributed by atoms with Gasteiger partial charge in [0.2, 0.25) is 5.95 Å². The van der Waals surface area contributed by atoms with Crippen molar-refractivity contribution in [1.29, 1.82) is 0 Å². The molecule has 7 nitrogen and oxygen atoms in total. The minimum absolute atomic E-state index is 0.609. The van der Waals surface area contributed by atoms with Gasteiger partial charge in [-0.2, -0.15) is 9.78 Å². The van der Waals surface area contributed by atoms with Gasteiger partial charge >= 0.3 is 0 Å². The molecule has 0 amide bonds. The first kappa shape index (κ1) is 15.1. The maximum absolute atomic E-state index is 4.23. The second kappa shape index (κ2) is 6.56. The summed E-state index contributed by atoms with van der Waals surface area (Å²) < 4.78 is 3.49. The predicted molar refractivity (Wildman–Crippen MR) is 95.1 cm³/mol. The van der Waals surface area contributed by atoms with Crippen LogP contribution in [0.3, 0.4) is 0 Å². The minimum atomic E-state index is 0.609. The van der Waals surface area contributed by atoms with Crippen LogP contribution >= 0.6 is 0 Å². The van der Waals surface area contributed by atoms with E-state index in [0.717, 1.165) is 22.4 Å². The van der Waals surface area contributed by atoms with E-state index < -0.39 is 0 Å². The Balaban J connectivity index is 1.52. The minimum Gasteiger partial charge on any atom is -0.349 e. The SMILES string of the molecule is Cn1cc(-c2cccc(CNc3nnnn3-c3ccccc3)c2)cn1. The highest BCUT2D eigenvalue weighted by molar-refractivity contribution is 5.62. The molecule has 0 saturated heterocycles. The number of benzene rings is 2. The molecule has 0 aliphatic heterocycles. The van der Waals surface area contributed by atoms with Gasteiger partial charge < -0.3 is 5.32 Å². The lowest BCUT2D eigenvalue weighted by molar-refractivity contribution is 0.768. The summed E-state index contributed by atoms with van der Waals surface area (Å²) >= 11 is 0. The van der Waals surface area contributed by atoms with Crippen LogP contribution < -0.4 is 5.32 Å².